The van der Waals surface area contributed by atoms with Crippen LogP contribution in [0.3, 0.4) is 0 Å². The summed E-state index contributed by atoms with van der Waals surface area (Å²) < 4.78 is 24.5. The standard InChI is InChI=1S/C8H3ClF2N2O2/c9-7(15)3-1-5(14)6(8(10)11)13-4(3)2-12/h1,8,14H. The highest BCUT2D eigenvalue weighted by molar-refractivity contribution is 6.68. The van der Waals surface area contributed by atoms with Gasteiger partial charge in [0.05, 0.1) is 5.56 Å². The molecule has 1 aromatic rings. The molecule has 0 atom stereocenters. The molecule has 0 saturated heterocycles. The predicted molar refractivity (Wildman–Crippen MR) is 45.8 cm³/mol. The van der Waals surface area contributed by atoms with Crippen LogP contribution in [0.2, 0.25) is 0 Å². The molecule has 0 radical (unpaired) electrons. The Bertz CT molecular complexity index is 457. The molecule has 0 aliphatic rings. The van der Waals surface area contributed by atoms with Gasteiger partial charge in [-0.1, -0.05) is 0 Å². The zero-order chi connectivity index (χ0) is 11.6. The zero-order valence-electron chi connectivity index (χ0n) is 7.04. The average molecular weight is 233 g/mol. The van der Waals surface area contributed by atoms with Gasteiger partial charge >= 0.3 is 0 Å². The van der Waals surface area contributed by atoms with Crippen LogP contribution < -0.4 is 0 Å². The third-order valence-corrected chi connectivity index (χ3v) is 1.76. The highest BCUT2D eigenvalue weighted by atomic mass is 35.5. The van der Waals surface area contributed by atoms with Gasteiger partial charge in [0, 0.05) is 0 Å². The molecule has 0 unspecified atom stereocenters. The highest BCUT2D eigenvalue weighted by Gasteiger charge is 2.20. The second-order valence-electron chi connectivity index (χ2n) is 2.48. The molecule has 0 amide bonds. The van der Waals surface area contributed by atoms with Crippen molar-refractivity contribution in [2.75, 3.05) is 0 Å². The lowest BCUT2D eigenvalue weighted by atomic mass is 10.2. The Kier molecular flexibility index (Phi) is 3.17. The molecule has 0 fully saturated rings. The number of halogens is 3. The Labute approximate surface area is 87.7 Å². The topological polar surface area (TPSA) is 74.0 Å². The number of aromatic nitrogens is 1. The highest BCUT2D eigenvalue weighted by Crippen LogP contribution is 2.28. The largest absolute Gasteiger partial charge is 0.506 e. The Morgan fingerprint density at radius 1 is 1.67 bits per heavy atom. The number of carbonyl (C=O) groups excluding carboxylic acids is 1. The van der Waals surface area contributed by atoms with Crippen molar-refractivity contribution in [3.8, 4) is 11.8 Å². The van der Waals surface area contributed by atoms with Crippen LogP contribution in [-0.2, 0) is 0 Å². The van der Waals surface area contributed by atoms with E-state index in [1.165, 1.54) is 6.07 Å². The lowest BCUT2D eigenvalue weighted by Crippen LogP contribution is -2.02. The first-order valence-corrected chi connectivity index (χ1v) is 3.97. The number of hydrogen-bond donors (Lipinski definition) is 1. The Morgan fingerprint density at radius 2 is 2.27 bits per heavy atom. The van der Waals surface area contributed by atoms with E-state index in [9.17, 15) is 13.6 Å². The van der Waals surface area contributed by atoms with Gasteiger partial charge in [-0.3, -0.25) is 4.79 Å². The van der Waals surface area contributed by atoms with Crippen molar-refractivity contribution >= 4 is 16.8 Å². The van der Waals surface area contributed by atoms with Crippen molar-refractivity contribution in [1.29, 1.82) is 5.26 Å². The van der Waals surface area contributed by atoms with E-state index in [2.05, 4.69) is 4.98 Å². The second-order valence-corrected chi connectivity index (χ2v) is 2.82. The summed E-state index contributed by atoms with van der Waals surface area (Å²) in [6.07, 6.45) is -3.03. The molecule has 1 rings (SSSR count). The van der Waals surface area contributed by atoms with E-state index >= 15 is 0 Å². The maximum absolute atomic E-state index is 12.2. The van der Waals surface area contributed by atoms with Crippen molar-refractivity contribution < 1.29 is 18.7 Å². The van der Waals surface area contributed by atoms with Crippen LogP contribution in [0.25, 0.3) is 0 Å². The quantitative estimate of drug-likeness (QED) is 0.791. The predicted octanol–water partition coefficient (Wildman–Crippen LogP) is 1.98. The summed E-state index contributed by atoms with van der Waals surface area (Å²) in [5, 5.41) is 16.5. The molecule has 4 nitrogen and oxygen atoms in total. The summed E-state index contributed by atoms with van der Waals surface area (Å²) in [6, 6.07) is 2.14. The van der Waals surface area contributed by atoms with E-state index in [1.54, 1.807) is 0 Å². The van der Waals surface area contributed by atoms with Gasteiger partial charge in [-0.25, -0.2) is 13.8 Å². The Morgan fingerprint density at radius 3 is 2.67 bits per heavy atom. The number of rotatable bonds is 2. The lowest BCUT2D eigenvalue weighted by Gasteiger charge is -2.04. The van der Waals surface area contributed by atoms with Gasteiger partial charge < -0.3 is 5.11 Å². The number of nitrogens with zero attached hydrogens (tertiary/aromatic N) is 2. The van der Waals surface area contributed by atoms with E-state index in [-0.39, 0.29) is 0 Å². The third-order valence-electron chi connectivity index (χ3n) is 1.56. The molecular formula is C8H3ClF2N2O2. The first-order valence-electron chi connectivity index (χ1n) is 3.59. The number of aromatic hydroxyl groups is 1. The molecule has 1 heterocycles. The summed E-state index contributed by atoms with van der Waals surface area (Å²) in [4.78, 5) is 13.9. The van der Waals surface area contributed by atoms with E-state index in [4.69, 9.17) is 22.0 Å². The minimum absolute atomic E-state index is 0.402. The van der Waals surface area contributed by atoms with Gasteiger partial charge in [0.25, 0.3) is 11.7 Å². The normalized spacial score (nSPS) is 10.1. The monoisotopic (exact) mass is 232 g/mol. The van der Waals surface area contributed by atoms with Gasteiger partial charge in [0.1, 0.15) is 17.5 Å². The molecule has 0 bridgehead atoms. The zero-order valence-corrected chi connectivity index (χ0v) is 7.79. The van der Waals surface area contributed by atoms with Crippen LogP contribution in [0.1, 0.15) is 28.2 Å². The number of pyridine rings is 1. The molecule has 15 heavy (non-hydrogen) atoms. The number of carbonyl (C=O) groups is 1. The second kappa shape index (κ2) is 4.19. The van der Waals surface area contributed by atoms with Gasteiger partial charge in [0.2, 0.25) is 0 Å². The molecule has 0 aromatic carbocycles. The van der Waals surface area contributed by atoms with Gasteiger partial charge in [-0.2, -0.15) is 5.26 Å². The molecule has 1 N–H and O–H groups in total. The summed E-state index contributed by atoms with van der Waals surface area (Å²) in [5.74, 6) is -0.868. The molecular weight excluding hydrogens is 230 g/mol. The summed E-state index contributed by atoms with van der Waals surface area (Å²) >= 11 is 5.06. The first kappa shape index (κ1) is 11.3. The SMILES string of the molecule is N#Cc1nc(C(F)F)c(O)cc1C(=O)Cl. The van der Waals surface area contributed by atoms with Crippen molar-refractivity contribution in [3.63, 3.8) is 0 Å². The van der Waals surface area contributed by atoms with Crippen molar-refractivity contribution in [1.82, 2.24) is 4.98 Å². The molecule has 1 aromatic heterocycles. The molecule has 0 saturated carbocycles. The Balaban J connectivity index is 3.44. The van der Waals surface area contributed by atoms with Crippen LogP contribution in [0.5, 0.6) is 5.75 Å². The lowest BCUT2D eigenvalue weighted by molar-refractivity contribution is 0.107. The smallest absolute Gasteiger partial charge is 0.284 e. The number of nitriles is 1. The molecule has 78 valence electrons. The maximum Gasteiger partial charge on any atom is 0.284 e. The first-order chi connectivity index (χ1) is 6.97. The van der Waals surface area contributed by atoms with E-state index in [1.807, 2.05) is 0 Å². The number of alkyl halides is 2. The molecule has 0 spiro atoms. The van der Waals surface area contributed by atoms with Crippen molar-refractivity contribution in [2.45, 2.75) is 6.43 Å². The van der Waals surface area contributed by atoms with Crippen molar-refractivity contribution in [2.24, 2.45) is 0 Å². The van der Waals surface area contributed by atoms with E-state index < -0.39 is 34.4 Å². The van der Waals surface area contributed by atoms with Crippen LogP contribution in [0.4, 0.5) is 8.78 Å². The van der Waals surface area contributed by atoms with E-state index in [0.717, 1.165) is 0 Å². The minimum Gasteiger partial charge on any atom is -0.506 e. The molecule has 0 aliphatic heterocycles. The maximum atomic E-state index is 12.2. The molecule has 7 heteroatoms. The summed E-state index contributed by atoms with van der Waals surface area (Å²) in [5.41, 5.74) is -1.89. The fourth-order valence-corrected chi connectivity index (χ4v) is 1.06. The van der Waals surface area contributed by atoms with Crippen LogP contribution in [0, 0.1) is 11.3 Å². The summed E-state index contributed by atoms with van der Waals surface area (Å²) in [6.45, 7) is 0. The van der Waals surface area contributed by atoms with Gasteiger partial charge in [-0.05, 0) is 17.7 Å². The molecule has 0 aliphatic carbocycles. The summed E-state index contributed by atoms with van der Waals surface area (Å²) in [7, 11) is 0. The fourth-order valence-electron chi connectivity index (χ4n) is 0.913. The fraction of sp³-hybridized carbons (Fsp3) is 0.125. The van der Waals surface area contributed by atoms with Crippen molar-refractivity contribution in [3.05, 3.63) is 23.0 Å². The average Bonchev–Trinajstić information content (AvgIpc) is 2.16. The minimum atomic E-state index is -3.03. The third kappa shape index (κ3) is 2.19. The van der Waals surface area contributed by atoms with Crippen LogP contribution in [0.15, 0.2) is 6.07 Å². The Hall–Kier alpha value is -1.74. The van der Waals surface area contributed by atoms with Crippen LogP contribution >= 0.6 is 11.6 Å². The van der Waals surface area contributed by atoms with Gasteiger partial charge in [0.15, 0.2) is 5.69 Å². The van der Waals surface area contributed by atoms with E-state index in [0.29, 0.717) is 6.07 Å². The van der Waals surface area contributed by atoms with Gasteiger partial charge in [-0.15, -0.1) is 0 Å². The number of hydrogen-bond acceptors (Lipinski definition) is 4. The van der Waals surface area contributed by atoms with Crippen LogP contribution in [-0.4, -0.2) is 15.3 Å².